The first-order chi connectivity index (χ1) is 10.7. The molecule has 0 aromatic carbocycles. The van der Waals surface area contributed by atoms with Crippen LogP contribution >= 0.6 is 0 Å². The third kappa shape index (κ3) is 4.81. The molecule has 6 nitrogen and oxygen atoms in total. The number of carbonyl (C=O) groups is 1. The molecule has 1 fully saturated rings. The molecule has 0 saturated heterocycles. The number of amides is 1. The fourth-order valence-corrected chi connectivity index (χ4v) is 2.94. The number of anilines is 2. The number of hydrogen-bond donors (Lipinski definition) is 3. The van der Waals surface area contributed by atoms with Crippen molar-refractivity contribution in [3.8, 4) is 0 Å². The van der Waals surface area contributed by atoms with E-state index in [0.29, 0.717) is 29.3 Å². The molecule has 0 bridgehead atoms. The predicted octanol–water partition coefficient (Wildman–Crippen LogP) is 3.02. The zero-order valence-corrected chi connectivity index (χ0v) is 14.8. The van der Waals surface area contributed by atoms with E-state index in [-0.39, 0.29) is 5.54 Å². The van der Waals surface area contributed by atoms with Crippen molar-refractivity contribution in [2.45, 2.75) is 65.5 Å². The second-order valence-electron chi connectivity index (χ2n) is 7.80. The molecule has 128 valence electrons. The summed E-state index contributed by atoms with van der Waals surface area (Å²) in [7, 11) is 0. The van der Waals surface area contributed by atoms with Crippen LogP contribution in [0.15, 0.2) is 6.20 Å². The number of nitrogens with one attached hydrogen (secondary N) is 2. The van der Waals surface area contributed by atoms with E-state index >= 15 is 0 Å². The van der Waals surface area contributed by atoms with Gasteiger partial charge < -0.3 is 16.4 Å². The molecule has 1 aliphatic rings. The van der Waals surface area contributed by atoms with Crippen molar-refractivity contribution < 1.29 is 4.79 Å². The maximum Gasteiger partial charge on any atom is 0.254 e. The summed E-state index contributed by atoms with van der Waals surface area (Å²) in [5.41, 5.74) is 5.66. The Labute approximate surface area is 138 Å². The summed E-state index contributed by atoms with van der Waals surface area (Å²) in [6, 6.07) is 0.316. The fraction of sp³-hybridized carbons (Fsp3) is 0.706. The van der Waals surface area contributed by atoms with Crippen LogP contribution in [0, 0.1) is 11.8 Å². The van der Waals surface area contributed by atoms with Crippen molar-refractivity contribution in [2.75, 3.05) is 10.6 Å². The first-order valence-electron chi connectivity index (χ1n) is 8.37. The Morgan fingerprint density at radius 2 is 1.96 bits per heavy atom. The quantitative estimate of drug-likeness (QED) is 0.793. The molecule has 1 aromatic heterocycles. The smallest absolute Gasteiger partial charge is 0.254 e. The number of nitrogens with two attached hydrogens (primary N) is 1. The summed E-state index contributed by atoms with van der Waals surface area (Å²) < 4.78 is 0. The largest absolute Gasteiger partial charge is 0.366 e. The molecule has 0 spiro atoms. The van der Waals surface area contributed by atoms with E-state index in [1.807, 2.05) is 20.8 Å². The van der Waals surface area contributed by atoms with E-state index in [2.05, 4.69) is 34.4 Å². The normalized spacial score (nSPS) is 25.0. The Balaban J connectivity index is 2.20. The van der Waals surface area contributed by atoms with Gasteiger partial charge in [0.25, 0.3) is 5.91 Å². The van der Waals surface area contributed by atoms with E-state index in [1.165, 1.54) is 12.6 Å². The third-order valence-corrected chi connectivity index (χ3v) is 4.48. The molecule has 0 radical (unpaired) electrons. The summed E-state index contributed by atoms with van der Waals surface area (Å²) in [5.74, 6) is 1.93. The lowest BCUT2D eigenvalue weighted by Gasteiger charge is -2.33. The third-order valence-electron chi connectivity index (χ3n) is 4.48. The molecule has 1 aromatic rings. The zero-order valence-electron chi connectivity index (χ0n) is 14.8. The van der Waals surface area contributed by atoms with Crippen LogP contribution in [0.5, 0.6) is 0 Å². The lowest BCUT2D eigenvalue weighted by Crippen LogP contribution is -2.32. The lowest BCUT2D eigenvalue weighted by atomic mass is 9.79. The highest BCUT2D eigenvalue weighted by atomic mass is 16.1. The van der Waals surface area contributed by atoms with Gasteiger partial charge in [-0.3, -0.25) is 4.79 Å². The van der Waals surface area contributed by atoms with Crippen LogP contribution in [-0.4, -0.2) is 27.5 Å². The number of aromatic nitrogens is 2. The first-order valence-corrected chi connectivity index (χ1v) is 8.37. The van der Waals surface area contributed by atoms with Gasteiger partial charge in [0.15, 0.2) is 0 Å². The zero-order chi connectivity index (χ0) is 17.2. The van der Waals surface area contributed by atoms with E-state index in [0.717, 1.165) is 18.8 Å². The molecular formula is C17H29N5O. The monoisotopic (exact) mass is 319 g/mol. The number of primary amides is 1. The van der Waals surface area contributed by atoms with Gasteiger partial charge in [0.1, 0.15) is 5.82 Å². The maximum atomic E-state index is 11.7. The van der Waals surface area contributed by atoms with Gasteiger partial charge in [-0.25, -0.2) is 4.98 Å². The minimum atomic E-state index is -0.507. The summed E-state index contributed by atoms with van der Waals surface area (Å²) >= 11 is 0. The molecule has 1 amide bonds. The average molecular weight is 319 g/mol. The van der Waals surface area contributed by atoms with Gasteiger partial charge in [0, 0.05) is 17.8 Å². The van der Waals surface area contributed by atoms with E-state index in [9.17, 15) is 4.79 Å². The topological polar surface area (TPSA) is 92.9 Å². The molecule has 1 heterocycles. The molecule has 6 heteroatoms. The Kier molecular flexibility index (Phi) is 5.12. The Hall–Kier alpha value is -1.85. The highest BCUT2D eigenvalue weighted by Gasteiger charge is 2.26. The van der Waals surface area contributed by atoms with Gasteiger partial charge in [-0.05, 0) is 51.9 Å². The SMILES string of the molecule is C[C@@H]1CC[C@@H](Nc2nc(NC(C)(C)C)ncc2C(N)=O)C[C@H]1C. The molecule has 1 aliphatic carbocycles. The Morgan fingerprint density at radius 1 is 1.26 bits per heavy atom. The molecule has 0 aliphatic heterocycles. The number of nitrogens with zero attached hydrogens (tertiary/aromatic N) is 2. The first kappa shape index (κ1) is 17.5. The number of carbonyl (C=O) groups excluding carboxylic acids is 1. The summed E-state index contributed by atoms with van der Waals surface area (Å²) in [6.45, 7) is 10.7. The summed E-state index contributed by atoms with van der Waals surface area (Å²) in [6.07, 6.45) is 4.84. The second kappa shape index (κ2) is 6.72. The summed E-state index contributed by atoms with van der Waals surface area (Å²) in [5, 5.41) is 6.64. The predicted molar refractivity (Wildman–Crippen MR) is 93.5 cm³/mol. The average Bonchev–Trinajstić information content (AvgIpc) is 2.41. The van der Waals surface area contributed by atoms with Crippen LogP contribution < -0.4 is 16.4 Å². The lowest BCUT2D eigenvalue weighted by molar-refractivity contribution is 0.100. The fourth-order valence-electron chi connectivity index (χ4n) is 2.94. The van der Waals surface area contributed by atoms with Gasteiger partial charge in [-0.2, -0.15) is 4.98 Å². The van der Waals surface area contributed by atoms with Gasteiger partial charge in [0.2, 0.25) is 5.95 Å². The standard InChI is InChI=1S/C17H29N5O/c1-10-6-7-12(8-11(10)2)20-15-13(14(18)23)9-19-16(21-15)22-17(3,4)5/h9-12H,6-8H2,1-5H3,(H2,18,23)(H2,19,20,21,22)/t10-,11-,12-/m1/s1. The Bertz CT molecular complexity index is 567. The Morgan fingerprint density at radius 3 is 2.52 bits per heavy atom. The number of hydrogen-bond acceptors (Lipinski definition) is 5. The van der Waals surface area contributed by atoms with Gasteiger partial charge in [-0.15, -0.1) is 0 Å². The highest BCUT2D eigenvalue weighted by molar-refractivity contribution is 5.97. The van der Waals surface area contributed by atoms with Crippen LogP contribution in [-0.2, 0) is 0 Å². The summed E-state index contributed by atoms with van der Waals surface area (Å²) in [4.78, 5) is 20.3. The molecule has 23 heavy (non-hydrogen) atoms. The van der Waals surface area contributed by atoms with Crippen molar-refractivity contribution in [3.05, 3.63) is 11.8 Å². The van der Waals surface area contributed by atoms with Crippen molar-refractivity contribution in [3.63, 3.8) is 0 Å². The molecular weight excluding hydrogens is 290 g/mol. The molecule has 4 N–H and O–H groups in total. The maximum absolute atomic E-state index is 11.7. The van der Waals surface area contributed by atoms with E-state index in [4.69, 9.17) is 5.73 Å². The molecule has 2 rings (SSSR count). The van der Waals surface area contributed by atoms with Crippen LogP contribution in [0.25, 0.3) is 0 Å². The van der Waals surface area contributed by atoms with Crippen LogP contribution in [0.2, 0.25) is 0 Å². The minimum absolute atomic E-state index is 0.152. The van der Waals surface area contributed by atoms with Crippen molar-refractivity contribution in [2.24, 2.45) is 17.6 Å². The van der Waals surface area contributed by atoms with Gasteiger partial charge >= 0.3 is 0 Å². The van der Waals surface area contributed by atoms with Gasteiger partial charge in [-0.1, -0.05) is 13.8 Å². The van der Waals surface area contributed by atoms with E-state index < -0.39 is 5.91 Å². The van der Waals surface area contributed by atoms with Crippen LogP contribution in [0.4, 0.5) is 11.8 Å². The van der Waals surface area contributed by atoms with Crippen molar-refractivity contribution in [1.82, 2.24) is 9.97 Å². The van der Waals surface area contributed by atoms with Crippen LogP contribution in [0.1, 0.15) is 64.2 Å². The second-order valence-corrected chi connectivity index (χ2v) is 7.80. The van der Waals surface area contributed by atoms with Crippen molar-refractivity contribution in [1.29, 1.82) is 0 Å². The number of rotatable bonds is 4. The van der Waals surface area contributed by atoms with Gasteiger partial charge in [0.05, 0.1) is 5.56 Å². The van der Waals surface area contributed by atoms with Crippen LogP contribution in [0.3, 0.4) is 0 Å². The molecule has 3 atom stereocenters. The van der Waals surface area contributed by atoms with Crippen molar-refractivity contribution >= 4 is 17.7 Å². The van der Waals surface area contributed by atoms with E-state index in [1.54, 1.807) is 0 Å². The highest BCUT2D eigenvalue weighted by Crippen LogP contribution is 2.31. The minimum Gasteiger partial charge on any atom is -0.366 e. The molecule has 0 unspecified atom stereocenters. The molecule has 1 saturated carbocycles.